The smallest absolute Gasteiger partial charge is 0.124 e. The molecule has 7 nitrogen and oxygen atoms in total. The molecular weight excluding hydrogens is 424 g/mol. The van der Waals surface area contributed by atoms with Crippen molar-refractivity contribution in [3.05, 3.63) is 64.2 Å². The van der Waals surface area contributed by atoms with Gasteiger partial charge in [0.05, 0.1) is 19.8 Å². The van der Waals surface area contributed by atoms with E-state index >= 15 is 0 Å². The zero-order valence-corrected chi connectivity index (χ0v) is 17.7. The highest BCUT2D eigenvalue weighted by molar-refractivity contribution is 6.31. The molecule has 0 aliphatic carbocycles. The van der Waals surface area contributed by atoms with Crippen LogP contribution in [0.2, 0.25) is 5.02 Å². The van der Waals surface area contributed by atoms with E-state index in [-0.39, 0.29) is 6.10 Å². The molecule has 0 bridgehead atoms. The average Bonchev–Trinajstić information content (AvgIpc) is 3.28. The Hall–Kier alpha value is -1.71. The second kappa shape index (κ2) is 9.83. The fraction of sp³-hybridized carbons (Fsp3) is 0.478. The maximum atomic E-state index is 10.4. The van der Waals surface area contributed by atoms with Crippen molar-refractivity contribution in [3.63, 3.8) is 0 Å². The molecule has 2 unspecified atom stereocenters. The lowest BCUT2D eigenvalue weighted by Crippen LogP contribution is -2.55. The molecule has 2 aromatic carbocycles. The highest BCUT2D eigenvalue weighted by Crippen LogP contribution is 2.34. The normalized spacial score (nSPS) is 31.0. The highest BCUT2D eigenvalue weighted by Gasteiger charge is 2.44. The van der Waals surface area contributed by atoms with Gasteiger partial charge in [-0.1, -0.05) is 35.9 Å². The molecule has 2 heterocycles. The Balaban J connectivity index is 1.49. The van der Waals surface area contributed by atoms with Gasteiger partial charge in [0.15, 0.2) is 0 Å². The maximum absolute atomic E-state index is 10.4. The van der Waals surface area contributed by atoms with Gasteiger partial charge < -0.3 is 34.6 Å². The van der Waals surface area contributed by atoms with Gasteiger partial charge in [-0.3, -0.25) is 0 Å². The Morgan fingerprint density at radius 3 is 2.45 bits per heavy atom. The van der Waals surface area contributed by atoms with Crippen molar-refractivity contribution < 1.29 is 34.6 Å². The second-order valence-corrected chi connectivity index (χ2v) is 8.43. The van der Waals surface area contributed by atoms with Gasteiger partial charge in [0.2, 0.25) is 0 Å². The Bertz CT molecular complexity index is 867. The standard InChI is InChI=1S/C23H27ClO7/c24-18-6-3-14(23-22(28)21(27)20(26)19(11-25)31-23)10-15(18)9-13-1-4-16(5-2-13)30-17-7-8-29-12-17/h1-6,10,17,19-23,25-28H,7-9,11-12H2/t17-,19-,20-,21?,22-,23?/m1/s1. The van der Waals surface area contributed by atoms with E-state index in [1.165, 1.54) is 0 Å². The largest absolute Gasteiger partial charge is 0.488 e. The predicted octanol–water partition coefficient (Wildman–Crippen LogP) is 1.61. The van der Waals surface area contributed by atoms with Crippen molar-refractivity contribution in [2.24, 2.45) is 0 Å². The fourth-order valence-corrected chi connectivity index (χ4v) is 4.17. The average molecular weight is 451 g/mol. The third-order valence-electron chi connectivity index (χ3n) is 5.80. The quantitative estimate of drug-likeness (QED) is 0.529. The number of hydrogen-bond donors (Lipinski definition) is 4. The molecule has 2 aliphatic heterocycles. The Kier molecular flexibility index (Phi) is 7.13. The summed E-state index contributed by atoms with van der Waals surface area (Å²) in [7, 11) is 0. The molecular formula is C23H27ClO7. The first-order valence-electron chi connectivity index (χ1n) is 10.4. The summed E-state index contributed by atoms with van der Waals surface area (Å²) in [5, 5.41) is 40.5. The predicted molar refractivity (Wildman–Crippen MR) is 113 cm³/mol. The molecule has 2 aliphatic rings. The number of aliphatic hydroxyl groups excluding tert-OH is 4. The zero-order valence-electron chi connectivity index (χ0n) is 16.9. The number of hydrogen-bond acceptors (Lipinski definition) is 7. The summed E-state index contributed by atoms with van der Waals surface area (Å²) in [6, 6.07) is 13.0. The molecule has 168 valence electrons. The molecule has 2 saturated heterocycles. The van der Waals surface area contributed by atoms with Crippen molar-refractivity contribution in [2.45, 2.75) is 49.5 Å². The van der Waals surface area contributed by atoms with E-state index in [0.29, 0.717) is 23.6 Å². The van der Waals surface area contributed by atoms with E-state index in [0.717, 1.165) is 29.9 Å². The van der Waals surface area contributed by atoms with Crippen LogP contribution in [0.25, 0.3) is 0 Å². The second-order valence-electron chi connectivity index (χ2n) is 8.02. The minimum Gasteiger partial charge on any atom is -0.488 e. The minimum atomic E-state index is -1.42. The number of rotatable bonds is 6. The molecule has 4 N–H and O–H groups in total. The Labute approximate surface area is 185 Å². The number of ether oxygens (including phenoxy) is 3. The molecule has 0 saturated carbocycles. The van der Waals surface area contributed by atoms with Crippen LogP contribution in [0.15, 0.2) is 42.5 Å². The van der Waals surface area contributed by atoms with Gasteiger partial charge >= 0.3 is 0 Å². The van der Waals surface area contributed by atoms with E-state index < -0.39 is 37.1 Å². The number of aliphatic hydroxyl groups is 4. The van der Waals surface area contributed by atoms with Crippen LogP contribution in [0.4, 0.5) is 0 Å². The highest BCUT2D eigenvalue weighted by atomic mass is 35.5. The van der Waals surface area contributed by atoms with Gasteiger partial charge in [0.25, 0.3) is 0 Å². The first-order chi connectivity index (χ1) is 15.0. The first kappa shape index (κ1) is 22.5. The van der Waals surface area contributed by atoms with Crippen LogP contribution < -0.4 is 4.74 Å². The molecule has 8 heteroatoms. The summed E-state index contributed by atoms with van der Waals surface area (Å²) in [5.74, 6) is 0.792. The van der Waals surface area contributed by atoms with Gasteiger partial charge in [0.1, 0.15) is 42.4 Å². The SMILES string of the molecule is OC[C@H]1OC(c2ccc(Cl)c(Cc3ccc(O[C@@H]4CCOC4)cc3)c2)[C@H](O)C(O)[C@@H]1O. The molecule has 2 fully saturated rings. The van der Waals surface area contributed by atoms with Crippen molar-refractivity contribution in [1.29, 1.82) is 0 Å². The van der Waals surface area contributed by atoms with E-state index in [9.17, 15) is 20.4 Å². The van der Waals surface area contributed by atoms with Crippen LogP contribution in [-0.2, 0) is 15.9 Å². The van der Waals surface area contributed by atoms with Crippen LogP contribution in [0.5, 0.6) is 5.75 Å². The molecule has 0 radical (unpaired) electrons. The molecule has 0 spiro atoms. The van der Waals surface area contributed by atoms with E-state index in [1.807, 2.05) is 30.3 Å². The summed E-state index contributed by atoms with van der Waals surface area (Å²) in [4.78, 5) is 0. The summed E-state index contributed by atoms with van der Waals surface area (Å²) >= 11 is 6.40. The van der Waals surface area contributed by atoms with Gasteiger partial charge in [-0.05, 0) is 41.3 Å². The number of halogens is 1. The lowest BCUT2D eigenvalue weighted by molar-refractivity contribution is -0.231. The van der Waals surface area contributed by atoms with Crippen LogP contribution in [0.3, 0.4) is 0 Å². The van der Waals surface area contributed by atoms with Gasteiger partial charge in [-0.15, -0.1) is 0 Å². The van der Waals surface area contributed by atoms with E-state index in [1.54, 1.807) is 12.1 Å². The first-order valence-corrected chi connectivity index (χ1v) is 10.8. The summed E-state index contributed by atoms with van der Waals surface area (Å²) in [6.45, 7) is 0.872. The molecule has 31 heavy (non-hydrogen) atoms. The van der Waals surface area contributed by atoms with E-state index in [4.69, 9.17) is 25.8 Å². The van der Waals surface area contributed by atoms with Gasteiger partial charge in [-0.25, -0.2) is 0 Å². The summed E-state index contributed by atoms with van der Waals surface area (Å²) in [5.41, 5.74) is 2.47. The zero-order chi connectivity index (χ0) is 22.0. The third-order valence-corrected chi connectivity index (χ3v) is 6.17. The topological polar surface area (TPSA) is 109 Å². The summed E-state index contributed by atoms with van der Waals surface area (Å²) in [6.07, 6.45) is -4.46. The van der Waals surface area contributed by atoms with Crippen LogP contribution in [-0.4, -0.2) is 70.8 Å². The Morgan fingerprint density at radius 2 is 1.77 bits per heavy atom. The fourth-order valence-electron chi connectivity index (χ4n) is 3.99. The molecule has 4 rings (SSSR count). The van der Waals surface area contributed by atoms with Crippen LogP contribution >= 0.6 is 11.6 Å². The van der Waals surface area contributed by atoms with Crippen molar-refractivity contribution >= 4 is 11.6 Å². The third kappa shape index (κ3) is 5.04. The molecule has 2 aromatic rings. The number of benzene rings is 2. The lowest BCUT2D eigenvalue weighted by atomic mass is 9.90. The van der Waals surface area contributed by atoms with Gasteiger partial charge in [0, 0.05) is 11.4 Å². The van der Waals surface area contributed by atoms with Crippen molar-refractivity contribution in [1.82, 2.24) is 0 Å². The van der Waals surface area contributed by atoms with Crippen LogP contribution in [0.1, 0.15) is 29.2 Å². The van der Waals surface area contributed by atoms with Crippen LogP contribution in [0, 0.1) is 0 Å². The van der Waals surface area contributed by atoms with Crippen molar-refractivity contribution in [3.8, 4) is 5.75 Å². The van der Waals surface area contributed by atoms with E-state index in [2.05, 4.69) is 0 Å². The summed E-state index contributed by atoms with van der Waals surface area (Å²) < 4.78 is 16.9. The molecule has 6 atom stereocenters. The van der Waals surface area contributed by atoms with Crippen molar-refractivity contribution in [2.75, 3.05) is 19.8 Å². The Morgan fingerprint density at radius 1 is 1.00 bits per heavy atom. The van der Waals surface area contributed by atoms with Gasteiger partial charge in [-0.2, -0.15) is 0 Å². The monoisotopic (exact) mass is 450 g/mol. The minimum absolute atomic E-state index is 0.0931. The maximum Gasteiger partial charge on any atom is 0.124 e. The lowest BCUT2D eigenvalue weighted by Gasteiger charge is -2.40. The molecule has 0 amide bonds. The molecule has 0 aromatic heterocycles.